The number of carbonyl (C=O) groups excluding carboxylic acids is 2. The molecule has 1 aromatic rings. The SMILES string of the molecule is Cc1ccc(S(=O)(=O)N2CCC[C@H]2C(=O)NCCNC(=O)C2CCCCC2)cc1. The lowest BCUT2D eigenvalue weighted by atomic mass is 9.89. The van der Waals surface area contributed by atoms with E-state index in [1.165, 1.54) is 10.7 Å². The van der Waals surface area contributed by atoms with Crippen molar-refractivity contribution in [2.45, 2.75) is 62.8 Å². The maximum absolute atomic E-state index is 12.9. The first-order valence-corrected chi connectivity index (χ1v) is 12.0. The normalized spacial score (nSPS) is 21.1. The molecule has 8 heteroatoms. The summed E-state index contributed by atoms with van der Waals surface area (Å²) < 4.78 is 27.2. The number of aryl methyl sites for hydroxylation is 1. The Labute approximate surface area is 173 Å². The predicted molar refractivity (Wildman–Crippen MR) is 111 cm³/mol. The van der Waals surface area contributed by atoms with Crippen molar-refractivity contribution < 1.29 is 18.0 Å². The average Bonchev–Trinajstić information content (AvgIpc) is 3.23. The van der Waals surface area contributed by atoms with E-state index in [1.54, 1.807) is 24.3 Å². The molecule has 1 atom stereocenters. The lowest BCUT2D eigenvalue weighted by Crippen LogP contribution is -2.47. The second kappa shape index (κ2) is 9.71. The molecular weight excluding hydrogens is 390 g/mol. The number of rotatable bonds is 7. The van der Waals surface area contributed by atoms with E-state index < -0.39 is 16.1 Å². The predicted octanol–water partition coefficient (Wildman–Crippen LogP) is 1.96. The van der Waals surface area contributed by atoms with Crippen LogP contribution >= 0.6 is 0 Å². The van der Waals surface area contributed by atoms with Gasteiger partial charge in [-0.3, -0.25) is 9.59 Å². The number of benzene rings is 1. The van der Waals surface area contributed by atoms with Gasteiger partial charge in [-0.1, -0.05) is 37.0 Å². The number of carbonyl (C=O) groups is 2. The van der Waals surface area contributed by atoms with Crippen LogP contribution in [0.3, 0.4) is 0 Å². The van der Waals surface area contributed by atoms with Crippen LogP contribution in [-0.4, -0.2) is 50.2 Å². The molecule has 1 aliphatic heterocycles. The van der Waals surface area contributed by atoms with Crippen LogP contribution in [0.1, 0.15) is 50.5 Å². The summed E-state index contributed by atoms with van der Waals surface area (Å²) in [6.07, 6.45) is 6.43. The Kier molecular flexibility index (Phi) is 7.29. The van der Waals surface area contributed by atoms with Crippen LogP contribution in [0, 0.1) is 12.8 Å². The van der Waals surface area contributed by atoms with Gasteiger partial charge in [0.1, 0.15) is 6.04 Å². The lowest BCUT2D eigenvalue weighted by molar-refractivity contribution is -0.127. The topological polar surface area (TPSA) is 95.6 Å². The maximum Gasteiger partial charge on any atom is 0.243 e. The molecule has 0 radical (unpaired) electrons. The Morgan fingerprint density at radius 2 is 1.55 bits per heavy atom. The Morgan fingerprint density at radius 1 is 0.931 bits per heavy atom. The summed E-state index contributed by atoms with van der Waals surface area (Å²) in [5, 5.41) is 5.67. The molecule has 1 saturated carbocycles. The second-order valence-electron chi connectivity index (χ2n) is 8.00. The van der Waals surface area contributed by atoms with Crippen molar-refractivity contribution in [3.05, 3.63) is 29.8 Å². The monoisotopic (exact) mass is 421 g/mol. The summed E-state index contributed by atoms with van der Waals surface area (Å²) >= 11 is 0. The van der Waals surface area contributed by atoms with Gasteiger partial charge in [-0.15, -0.1) is 0 Å². The zero-order valence-corrected chi connectivity index (χ0v) is 17.8. The highest BCUT2D eigenvalue weighted by Gasteiger charge is 2.39. The highest BCUT2D eigenvalue weighted by molar-refractivity contribution is 7.89. The second-order valence-corrected chi connectivity index (χ2v) is 9.89. The molecule has 29 heavy (non-hydrogen) atoms. The molecule has 2 N–H and O–H groups in total. The fraction of sp³-hybridized carbons (Fsp3) is 0.619. The Hall–Kier alpha value is -1.93. The fourth-order valence-corrected chi connectivity index (χ4v) is 5.79. The molecule has 2 fully saturated rings. The van der Waals surface area contributed by atoms with Gasteiger partial charge in [-0.25, -0.2) is 8.42 Å². The first-order valence-electron chi connectivity index (χ1n) is 10.5. The van der Waals surface area contributed by atoms with Gasteiger partial charge in [0.05, 0.1) is 4.90 Å². The van der Waals surface area contributed by atoms with Crippen molar-refractivity contribution in [1.82, 2.24) is 14.9 Å². The Morgan fingerprint density at radius 3 is 2.21 bits per heavy atom. The number of nitrogens with zero attached hydrogens (tertiary/aromatic N) is 1. The fourth-order valence-electron chi connectivity index (χ4n) is 4.13. The Bertz CT molecular complexity index is 817. The van der Waals surface area contributed by atoms with Crippen molar-refractivity contribution >= 4 is 21.8 Å². The number of amides is 2. The van der Waals surface area contributed by atoms with Gasteiger partial charge in [0.2, 0.25) is 21.8 Å². The van der Waals surface area contributed by atoms with Crippen LogP contribution < -0.4 is 10.6 Å². The van der Waals surface area contributed by atoms with E-state index >= 15 is 0 Å². The van der Waals surface area contributed by atoms with E-state index in [0.717, 1.165) is 31.2 Å². The first kappa shape index (κ1) is 21.8. The largest absolute Gasteiger partial charge is 0.354 e. The molecule has 0 spiro atoms. The summed E-state index contributed by atoms with van der Waals surface area (Å²) in [4.78, 5) is 25.0. The van der Waals surface area contributed by atoms with E-state index in [0.29, 0.717) is 32.5 Å². The van der Waals surface area contributed by atoms with Gasteiger partial charge in [0, 0.05) is 25.6 Å². The van der Waals surface area contributed by atoms with Crippen molar-refractivity contribution in [3.8, 4) is 0 Å². The molecule has 2 aliphatic rings. The summed E-state index contributed by atoms with van der Waals surface area (Å²) in [6, 6.07) is 5.98. The average molecular weight is 422 g/mol. The van der Waals surface area contributed by atoms with E-state index in [2.05, 4.69) is 10.6 Å². The number of hydrogen-bond donors (Lipinski definition) is 2. The van der Waals surface area contributed by atoms with Crippen LogP contribution in [0.2, 0.25) is 0 Å². The zero-order chi connectivity index (χ0) is 20.9. The van der Waals surface area contributed by atoms with Gasteiger partial charge >= 0.3 is 0 Å². The minimum atomic E-state index is -3.71. The molecule has 1 heterocycles. The molecule has 1 aromatic carbocycles. The lowest BCUT2D eigenvalue weighted by Gasteiger charge is -2.24. The van der Waals surface area contributed by atoms with E-state index in [9.17, 15) is 18.0 Å². The highest BCUT2D eigenvalue weighted by atomic mass is 32.2. The number of hydrogen-bond acceptors (Lipinski definition) is 4. The van der Waals surface area contributed by atoms with E-state index in [-0.39, 0.29) is 22.6 Å². The summed E-state index contributed by atoms with van der Waals surface area (Å²) in [6.45, 7) is 2.90. The smallest absolute Gasteiger partial charge is 0.243 e. The van der Waals surface area contributed by atoms with Gasteiger partial charge in [-0.2, -0.15) is 4.31 Å². The molecule has 160 valence electrons. The Balaban J connectivity index is 1.50. The minimum Gasteiger partial charge on any atom is -0.354 e. The molecule has 7 nitrogen and oxygen atoms in total. The maximum atomic E-state index is 12.9. The highest BCUT2D eigenvalue weighted by Crippen LogP contribution is 2.26. The summed E-state index contributed by atoms with van der Waals surface area (Å²) in [5.41, 5.74) is 0.981. The van der Waals surface area contributed by atoms with E-state index in [1.807, 2.05) is 6.92 Å². The zero-order valence-electron chi connectivity index (χ0n) is 17.0. The molecule has 3 rings (SSSR count). The van der Waals surface area contributed by atoms with Crippen molar-refractivity contribution in [2.24, 2.45) is 5.92 Å². The first-order chi connectivity index (χ1) is 13.9. The molecule has 1 aliphatic carbocycles. The molecule has 2 amide bonds. The van der Waals surface area contributed by atoms with Crippen molar-refractivity contribution in [3.63, 3.8) is 0 Å². The van der Waals surface area contributed by atoms with Crippen molar-refractivity contribution in [2.75, 3.05) is 19.6 Å². The van der Waals surface area contributed by atoms with Crippen LogP contribution in [0.4, 0.5) is 0 Å². The third-order valence-electron chi connectivity index (χ3n) is 5.83. The van der Waals surface area contributed by atoms with Crippen LogP contribution in [0.25, 0.3) is 0 Å². The summed E-state index contributed by atoms with van der Waals surface area (Å²) in [5.74, 6) is -0.155. The molecule has 0 aromatic heterocycles. The molecule has 0 unspecified atom stereocenters. The molecule has 0 bridgehead atoms. The van der Waals surface area contributed by atoms with Crippen LogP contribution in [0.15, 0.2) is 29.2 Å². The molecule has 1 saturated heterocycles. The van der Waals surface area contributed by atoms with Crippen LogP contribution in [-0.2, 0) is 19.6 Å². The van der Waals surface area contributed by atoms with Crippen LogP contribution in [0.5, 0.6) is 0 Å². The molecular formula is C21H31N3O4S. The third-order valence-corrected chi connectivity index (χ3v) is 7.76. The van der Waals surface area contributed by atoms with E-state index in [4.69, 9.17) is 0 Å². The quantitative estimate of drug-likeness (QED) is 0.658. The van der Waals surface area contributed by atoms with Crippen molar-refractivity contribution in [1.29, 1.82) is 0 Å². The summed E-state index contributed by atoms with van der Waals surface area (Å²) in [7, 11) is -3.71. The minimum absolute atomic E-state index is 0.0587. The van der Waals surface area contributed by atoms with Gasteiger partial charge < -0.3 is 10.6 Å². The third kappa shape index (κ3) is 5.36. The number of sulfonamides is 1. The number of nitrogens with one attached hydrogen (secondary N) is 2. The standard InChI is InChI=1S/C21H31N3O4S/c1-16-9-11-18(12-10-16)29(27,28)24-15-5-8-19(24)21(26)23-14-13-22-20(25)17-6-3-2-4-7-17/h9-12,17,19H,2-8,13-15H2,1H3,(H,22,25)(H,23,26)/t19-/m0/s1. The van der Waals surface area contributed by atoms with Gasteiger partial charge in [0.25, 0.3) is 0 Å². The van der Waals surface area contributed by atoms with Gasteiger partial charge in [0.15, 0.2) is 0 Å². The van der Waals surface area contributed by atoms with Gasteiger partial charge in [-0.05, 0) is 44.7 Å².